The predicted octanol–water partition coefficient (Wildman–Crippen LogP) is 2.50. The van der Waals surface area contributed by atoms with E-state index in [-0.39, 0.29) is 31.1 Å². The van der Waals surface area contributed by atoms with Crippen LogP contribution >= 0.6 is 11.8 Å². The fraction of sp³-hybridized carbons (Fsp3) is 0.800. The van der Waals surface area contributed by atoms with E-state index in [1.54, 1.807) is 23.9 Å². The van der Waals surface area contributed by atoms with Gasteiger partial charge in [-0.2, -0.15) is 0 Å². The van der Waals surface area contributed by atoms with Gasteiger partial charge in [0.05, 0.1) is 10.6 Å². The van der Waals surface area contributed by atoms with Crippen molar-refractivity contribution in [3.63, 3.8) is 0 Å². The van der Waals surface area contributed by atoms with E-state index in [4.69, 9.17) is 5.73 Å². The molecule has 4 unspecified atom stereocenters. The number of nitrogens with one attached hydrogen (secondary N) is 2. The van der Waals surface area contributed by atoms with Gasteiger partial charge in [-0.15, -0.1) is 11.8 Å². The second-order valence-electron chi connectivity index (χ2n) is 8.98. The van der Waals surface area contributed by atoms with Crippen LogP contribution in [-0.2, 0) is 10.0 Å². The molecule has 0 amide bonds. The van der Waals surface area contributed by atoms with Crippen LogP contribution in [0.15, 0.2) is 22.8 Å². The first-order valence-corrected chi connectivity index (χ1v) is 13.3. The number of nitrogens with zero attached hydrogens (tertiary/aromatic N) is 1. The maximum atomic E-state index is 13.4. The molecule has 0 radical (unpaired) electrons. The summed E-state index contributed by atoms with van der Waals surface area (Å²) in [5, 5.41) is 2.98. The number of hydrogen-bond acceptors (Lipinski definition) is 6. The molecule has 6 nitrogen and oxygen atoms in total. The van der Waals surface area contributed by atoms with Crippen LogP contribution in [0.4, 0.5) is 8.78 Å². The molecule has 0 aromatic carbocycles. The van der Waals surface area contributed by atoms with E-state index in [1.807, 2.05) is 0 Å². The fourth-order valence-electron chi connectivity index (χ4n) is 5.15. The van der Waals surface area contributed by atoms with Crippen LogP contribution in [0.1, 0.15) is 51.9 Å². The number of hydrogen-bond donors (Lipinski definition) is 3. The van der Waals surface area contributed by atoms with E-state index in [0.717, 1.165) is 18.0 Å². The zero-order chi connectivity index (χ0) is 21.5. The maximum Gasteiger partial charge on any atom is 0.248 e. The van der Waals surface area contributed by atoms with Crippen molar-refractivity contribution in [2.45, 2.75) is 86.5 Å². The summed E-state index contributed by atoms with van der Waals surface area (Å²) in [5.74, 6) is -2.67. The first-order chi connectivity index (χ1) is 14.1. The molecule has 4 N–H and O–H groups in total. The third-order valence-electron chi connectivity index (χ3n) is 6.81. The summed E-state index contributed by atoms with van der Waals surface area (Å²) in [5.41, 5.74) is 6.83. The summed E-state index contributed by atoms with van der Waals surface area (Å²) in [6, 6.07) is 0.633. The summed E-state index contributed by atoms with van der Waals surface area (Å²) in [7, 11) is -3.65. The van der Waals surface area contributed by atoms with Crippen LogP contribution in [0.2, 0.25) is 0 Å². The smallest absolute Gasteiger partial charge is 0.248 e. The Morgan fingerprint density at radius 1 is 1.23 bits per heavy atom. The molecule has 0 aromatic rings. The fourth-order valence-corrected chi connectivity index (χ4v) is 8.16. The molecule has 2 saturated heterocycles. The van der Waals surface area contributed by atoms with Crippen molar-refractivity contribution in [2.75, 3.05) is 13.1 Å². The lowest BCUT2D eigenvalue weighted by Gasteiger charge is -2.40. The molecule has 3 fully saturated rings. The van der Waals surface area contributed by atoms with Gasteiger partial charge in [0.1, 0.15) is 0 Å². The van der Waals surface area contributed by atoms with E-state index in [0.29, 0.717) is 24.2 Å². The highest BCUT2D eigenvalue weighted by molar-refractivity contribution is 8.03. The van der Waals surface area contributed by atoms with Gasteiger partial charge in [-0.05, 0) is 38.7 Å². The van der Waals surface area contributed by atoms with Gasteiger partial charge in [0.2, 0.25) is 15.9 Å². The van der Waals surface area contributed by atoms with Gasteiger partial charge in [0, 0.05) is 61.1 Å². The third kappa shape index (κ3) is 4.87. The molecule has 2 bridgehead atoms. The minimum absolute atomic E-state index is 0.172. The van der Waals surface area contributed by atoms with Crippen LogP contribution in [0.5, 0.6) is 0 Å². The summed E-state index contributed by atoms with van der Waals surface area (Å²) >= 11 is 1.66. The van der Waals surface area contributed by atoms with Gasteiger partial charge in [0.15, 0.2) is 0 Å². The highest BCUT2D eigenvalue weighted by Gasteiger charge is 2.41. The quantitative estimate of drug-likeness (QED) is 0.562. The Hall–Kier alpha value is -0.680. The molecule has 1 saturated carbocycles. The number of piperazine rings is 1. The Bertz CT molecular complexity index is 792. The second-order valence-corrected chi connectivity index (χ2v) is 12.3. The molecule has 30 heavy (non-hydrogen) atoms. The molecule has 2 aliphatic carbocycles. The van der Waals surface area contributed by atoms with E-state index >= 15 is 0 Å². The van der Waals surface area contributed by atoms with Crippen LogP contribution in [0, 0.1) is 0 Å². The average molecular weight is 463 g/mol. The number of nitrogens with two attached hydrogens (primary N) is 1. The molecule has 10 heteroatoms. The summed E-state index contributed by atoms with van der Waals surface area (Å²) in [6.07, 6.45) is 5.84. The highest BCUT2D eigenvalue weighted by atomic mass is 32.2. The van der Waals surface area contributed by atoms with Crippen LogP contribution < -0.4 is 15.8 Å². The molecular weight excluding hydrogens is 430 g/mol. The Balaban J connectivity index is 1.37. The van der Waals surface area contributed by atoms with Crippen LogP contribution in [0.25, 0.3) is 0 Å². The van der Waals surface area contributed by atoms with Gasteiger partial charge in [0.25, 0.3) is 0 Å². The predicted molar refractivity (Wildman–Crippen MR) is 117 cm³/mol. The van der Waals surface area contributed by atoms with Crippen molar-refractivity contribution in [3.8, 4) is 0 Å². The highest BCUT2D eigenvalue weighted by Crippen LogP contribution is 2.39. The molecule has 0 spiro atoms. The molecule has 4 rings (SSSR count). The lowest BCUT2D eigenvalue weighted by Crippen LogP contribution is -2.54. The van der Waals surface area contributed by atoms with Crippen molar-refractivity contribution >= 4 is 21.8 Å². The summed E-state index contributed by atoms with van der Waals surface area (Å²) in [4.78, 5) is 3.44. The Labute approximate surface area is 182 Å². The topological polar surface area (TPSA) is 87.5 Å². The Morgan fingerprint density at radius 2 is 1.87 bits per heavy atom. The standard InChI is InChI=1S/C20H32F2N4O2S2/c1-13(26-15-2-3-16(26)12-24-11-15)29-19-10-17(4-5-18(19)23)30(27,28)25-14-6-8-20(21,22)9-7-14/h4-5,13-17,24-25H,2-3,6-12,23H2,1H3. The van der Waals surface area contributed by atoms with Gasteiger partial charge in [-0.25, -0.2) is 21.9 Å². The molecular formula is C20H32F2N4O2S2. The van der Waals surface area contributed by atoms with Crippen molar-refractivity contribution in [3.05, 3.63) is 22.8 Å². The number of rotatable bonds is 6. The first kappa shape index (κ1) is 22.5. The molecule has 2 aliphatic heterocycles. The maximum absolute atomic E-state index is 13.4. The number of alkyl halides is 2. The van der Waals surface area contributed by atoms with E-state index in [9.17, 15) is 17.2 Å². The normalized spacial score (nSPS) is 33.8. The summed E-state index contributed by atoms with van der Waals surface area (Å²) < 4.78 is 55.3. The molecule has 4 aliphatic rings. The molecule has 2 heterocycles. The van der Waals surface area contributed by atoms with Crippen molar-refractivity contribution in [1.82, 2.24) is 14.9 Å². The average Bonchev–Trinajstić information content (AvgIpc) is 2.94. The first-order valence-electron chi connectivity index (χ1n) is 10.9. The Morgan fingerprint density at radius 3 is 2.50 bits per heavy atom. The van der Waals surface area contributed by atoms with Gasteiger partial charge >= 0.3 is 0 Å². The Kier molecular flexibility index (Phi) is 6.52. The van der Waals surface area contributed by atoms with Crippen molar-refractivity contribution in [2.24, 2.45) is 5.73 Å². The zero-order valence-corrected chi connectivity index (χ0v) is 19.0. The number of sulfonamides is 1. The third-order valence-corrected chi connectivity index (χ3v) is 9.87. The second kappa shape index (κ2) is 8.69. The van der Waals surface area contributed by atoms with Crippen LogP contribution in [0.3, 0.4) is 0 Å². The number of allylic oxidation sites excluding steroid dienone is 2. The summed E-state index contributed by atoms with van der Waals surface area (Å²) in [6.45, 7) is 4.16. The number of halogens is 2. The zero-order valence-electron chi connectivity index (χ0n) is 17.3. The minimum Gasteiger partial charge on any atom is -0.398 e. The lowest BCUT2D eigenvalue weighted by atomic mass is 9.93. The van der Waals surface area contributed by atoms with E-state index < -0.39 is 27.2 Å². The van der Waals surface area contributed by atoms with E-state index in [1.165, 1.54) is 12.8 Å². The van der Waals surface area contributed by atoms with E-state index in [2.05, 4.69) is 21.9 Å². The number of fused-ring (bicyclic) bond motifs is 2. The van der Waals surface area contributed by atoms with Gasteiger partial charge in [-0.3, -0.25) is 4.90 Å². The van der Waals surface area contributed by atoms with Crippen molar-refractivity contribution in [1.29, 1.82) is 0 Å². The minimum atomic E-state index is -3.65. The lowest BCUT2D eigenvalue weighted by molar-refractivity contribution is -0.0387. The molecule has 0 aromatic heterocycles. The monoisotopic (exact) mass is 462 g/mol. The molecule has 4 atom stereocenters. The molecule has 170 valence electrons. The SMILES string of the molecule is CC(SC1=C(N)C=CC(S(=O)(=O)NC2CCC(F)(F)CC2)C1)N1C2CCC1CNC2. The largest absolute Gasteiger partial charge is 0.398 e. The van der Waals surface area contributed by atoms with Crippen LogP contribution in [-0.4, -0.2) is 61.1 Å². The van der Waals surface area contributed by atoms with Crippen molar-refractivity contribution < 1.29 is 17.2 Å². The van der Waals surface area contributed by atoms with Gasteiger partial charge in [-0.1, -0.05) is 6.08 Å². The number of thioether (sulfide) groups is 1. The van der Waals surface area contributed by atoms with Gasteiger partial charge < -0.3 is 11.1 Å².